The number of nitrogens with one attached hydrogen (secondary N) is 1. The molecule has 6 heteroatoms. The maximum atomic E-state index is 12.1. The zero-order chi connectivity index (χ0) is 16.3. The van der Waals surface area contributed by atoms with Gasteiger partial charge in [-0.3, -0.25) is 0 Å². The number of ether oxygens (including phenoxy) is 3. The van der Waals surface area contributed by atoms with E-state index in [1.165, 1.54) is 0 Å². The summed E-state index contributed by atoms with van der Waals surface area (Å²) >= 11 is 0. The van der Waals surface area contributed by atoms with Crippen LogP contribution in [0.2, 0.25) is 0 Å². The topological polar surface area (TPSA) is 77.2 Å². The van der Waals surface area contributed by atoms with Gasteiger partial charge in [0.1, 0.15) is 11.6 Å². The van der Waals surface area contributed by atoms with Crippen molar-refractivity contribution in [1.29, 1.82) is 0 Å². The average molecular weight is 301 g/mol. The van der Waals surface area contributed by atoms with E-state index in [1.54, 1.807) is 20.8 Å². The first-order valence-corrected chi connectivity index (χ1v) is 7.32. The van der Waals surface area contributed by atoms with Crippen molar-refractivity contribution in [3.63, 3.8) is 0 Å². The predicted molar refractivity (Wildman–Crippen MR) is 77.9 cm³/mol. The lowest BCUT2D eigenvalue weighted by molar-refractivity contribution is -0.147. The van der Waals surface area contributed by atoms with Crippen LogP contribution in [-0.4, -0.2) is 42.5 Å². The smallest absolute Gasteiger partial charge is 0.408 e. The van der Waals surface area contributed by atoms with Crippen molar-refractivity contribution in [2.45, 2.75) is 65.2 Å². The third-order valence-corrected chi connectivity index (χ3v) is 3.11. The lowest BCUT2D eigenvalue weighted by Gasteiger charge is -2.24. The third kappa shape index (κ3) is 6.80. The molecule has 0 aromatic rings. The van der Waals surface area contributed by atoms with Gasteiger partial charge in [0.25, 0.3) is 0 Å². The van der Waals surface area contributed by atoms with E-state index in [4.69, 9.17) is 14.2 Å². The van der Waals surface area contributed by atoms with Crippen molar-refractivity contribution in [2.75, 3.05) is 13.2 Å². The molecule has 1 fully saturated rings. The number of hydrogen-bond acceptors (Lipinski definition) is 5. The summed E-state index contributed by atoms with van der Waals surface area (Å²) in [6.45, 7) is 12.0. The molecule has 2 atom stereocenters. The van der Waals surface area contributed by atoms with Crippen LogP contribution in [0.5, 0.6) is 0 Å². The second kappa shape index (κ2) is 6.64. The van der Waals surface area contributed by atoms with Crippen molar-refractivity contribution in [2.24, 2.45) is 5.92 Å². The molecule has 0 aliphatic carbocycles. The molecule has 1 aliphatic rings. The molecular formula is C15H27NO5. The fourth-order valence-corrected chi connectivity index (χ4v) is 1.66. The van der Waals surface area contributed by atoms with E-state index in [-0.39, 0.29) is 18.1 Å². The molecule has 0 bridgehead atoms. The van der Waals surface area contributed by atoms with E-state index >= 15 is 0 Å². The molecule has 1 rings (SSSR count). The minimum absolute atomic E-state index is 0.0854. The van der Waals surface area contributed by atoms with E-state index in [0.717, 1.165) is 0 Å². The normalized spacial score (nSPS) is 22.6. The highest BCUT2D eigenvalue weighted by molar-refractivity contribution is 5.81. The van der Waals surface area contributed by atoms with Gasteiger partial charge in [-0.1, -0.05) is 13.8 Å². The predicted octanol–water partition coefficient (Wildman–Crippen LogP) is 2.26. The van der Waals surface area contributed by atoms with Gasteiger partial charge in [0.2, 0.25) is 0 Å². The van der Waals surface area contributed by atoms with Crippen molar-refractivity contribution in [3.8, 4) is 0 Å². The number of carbonyl (C=O) groups excluding carboxylic acids is 2. The maximum Gasteiger partial charge on any atom is 0.408 e. The molecule has 0 aromatic carbocycles. The molecule has 0 spiro atoms. The molecule has 21 heavy (non-hydrogen) atoms. The first-order chi connectivity index (χ1) is 9.52. The molecular weight excluding hydrogens is 274 g/mol. The van der Waals surface area contributed by atoms with Crippen LogP contribution in [0, 0.1) is 5.92 Å². The Balaban J connectivity index is 2.43. The Morgan fingerprint density at radius 2 is 1.90 bits per heavy atom. The molecule has 122 valence electrons. The summed E-state index contributed by atoms with van der Waals surface area (Å²) in [4.78, 5) is 23.8. The maximum absolute atomic E-state index is 12.1. The van der Waals surface area contributed by atoms with E-state index in [1.807, 2.05) is 20.8 Å². The van der Waals surface area contributed by atoms with Gasteiger partial charge in [0, 0.05) is 6.42 Å². The number of epoxide rings is 1. The lowest BCUT2D eigenvalue weighted by atomic mass is 10.1. The van der Waals surface area contributed by atoms with Crippen molar-refractivity contribution in [3.05, 3.63) is 0 Å². The summed E-state index contributed by atoms with van der Waals surface area (Å²) in [5, 5.41) is 2.57. The minimum Gasteiger partial charge on any atom is -0.464 e. The summed E-state index contributed by atoms with van der Waals surface area (Å²) in [5.41, 5.74) is -0.750. The van der Waals surface area contributed by atoms with E-state index in [0.29, 0.717) is 13.0 Å². The Labute approximate surface area is 126 Å². The molecule has 1 N–H and O–H groups in total. The van der Waals surface area contributed by atoms with Crippen molar-refractivity contribution < 1.29 is 23.8 Å². The van der Waals surface area contributed by atoms with Gasteiger partial charge in [0.15, 0.2) is 0 Å². The van der Waals surface area contributed by atoms with Crippen molar-refractivity contribution in [1.82, 2.24) is 5.32 Å². The lowest BCUT2D eigenvalue weighted by Crippen LogP contribution is -2.47. The molecule has 0 radical (unpaired) electrons. The Morgan fingerprint density at radius 3 is 2.33 bits per heavy atom. The number of esters is 1. The molecule has 1 aliphatic heterocycles. The summed E-state index contributed by atoms with van der Waals surface area (Å²) < 4.78 is 15.6. The number of alkyl carbamates (subject to hydrolysis) is 1. The largest absolute Gasteiger partial charge is 0.464 e. The Kier molecular flexibility index (Phi) is 5.61. The highest BCUT2D eigenvalue weighted by Gasteiger charge is 2.39. The van der Waals surface area contributed by atoms with Gasteiger partial charge in [-0.25, -0.2) is 9.59 Å². The van der Waals surface area contributed by atoms with Crippen LogP contribution in [0.1, 0.15) is 48.0 Å². The van der Waals surface area contributed by atoms with Gasteiger partial charge in [-0.05, 0) is 33.6 Å². The zero-order valence-corrected chi connectivity index (χ0v) is 13.8. The summed E-state index contributed by atoms with van der Waals surface area (Å²) in [5.74, 6) is -0.530. The highest BCUT2D eigenvalue weighted by atomic mass is 16.6. The molecule has 0 aromatic heterocycles. The Bertz CT molecular complexity index is 382. The van der Waals surface area contributed by atoms with Crippen LogP contribution >= 0.6 is 0 Å². The minimum atomic E-state index is -0.715. The van der Waals surface area contributed by atoms with E-state index in [9.17, 15) is 9.59 Å². The fourth-order valence-electron chi connectivity index (χ4n) is 1.66. The highest BCUT2D eigenvalue weighted by Crippen LogP contribution is 2.29. The van der Waals surface area contributed by atoms with Gasteiger partial charge in [0.05, 0.1) is 18.8 Å². The van der Waals surface area contributed by atoms with Crippen molar-refractivity contribution >= 4 is 12.1 Å². The summed E-state index contributed by atoms with van der Waals surface area (Å²) in [6, 6.07) is -0.715. The zero-order valence-electron chi connectivity index (χ0n) is 13.8. The molecule has 1 amide bonds. The monoisotopic (exact) mass is 301 g/mol. The quantitative estimate of drug-likeness (QED) is 0.601. The molecule has 0 saturated carbocycles. The third-order valence-electron chi connectivity index (χ3n) is 3.11. The molecule has 1 unspecified atom stereocenters. The Hall–Kier alpha value is -1.30. The molecule has 1 heterocycles. The summed E-state index contributed by atoms with van der Waals surface area (Å²) in [7, 11) is 0. The van der Waals surface area contributed by atoms with Gasteiger partial charge >= 0.3 is 12.1 Å². The van der Waals surface area contributed by atoms with Crippen LogP contribution in [0.4, 0.5) is 4.79 Å². The van der Waals surface area contributed by atoms with Gasteiger partial charge in [-0.15, -0.1) is 0 Å². The van der Waals surface area contributed by atoms with Gasteiger partial charge in [-0.2, -0.15) is 0 Å². The molecule has 6 nitrogen and oxygen atoms in total. The van der Waals surface area contributed by atoms with Crippen LogP contribution < -0.4 is 5.32 Å². The standard InChI is InChI=1S/C15H27NO5/c1-10(2)11(16-13(18)21-14(3,4)5)12(17)19-8-7-15(6)9-20-15/h10-11H,7-9H2,1-6H3,(H,16,18)/t11-,15?/m0/s1. The second-order valence-corrected chi connectivity index (χ2v) is 7.02. The van der Waals surface area contributed by atoms with Crippen LogP contribution in [0.15, 0.2) is 0 Å². The van der Waals surface area contributed by atoms with Crippen LogP contribution in [0.3, 0.4) is 0 Å². The number of amides is 1. The summed E-state index contributed by atoms with van der Waals surface area (Å²) in [6.07, 6.45) is 0.0475. The first kappa shape index (κ1) is 17.8. The number of rotatable bonds is 6. The molecule has 1 saturated heterocycles. The van der Waals surface area contributed by atoms with E-state index < -0.39 is 23.7 Å². The van der Waals surface area contributed by atoms with Crippen LogP contribution in [0.25, 0.3) is 0 Å². The van der Waals surface area contributed by atoms with Gasteiger partial charge < -0.3 is 19.5 Å². The van der Waals surface area contributed by atoms with E-state index in [2.05, 4.69) is 5.32 Å². The Morgan fingerprint density at radius 1 is 1.33 bits per heavy atom. The first-order valence-electron chi connectivity index (χ1n) is 7.32. The van der Waals surface area contributed by atoms with Crippen LogP contribution in [-0.2, 0) is 19.0 Å². The average Bonchev–Trinajstić information content (AvgIpc) is 3.01. The fraction of sp³-hybridized carbons (Fsp3) is 0.867. The number of hydrogen-bond donors (Lipinski definition) is 1. The second-order valence-electron chi connectivity index (χ2n) is 7.02. The SMILES string of the molecule is CC(C)[C@H](NC(=O)OC(C)(C)C)C(=O)OCCC1(C)CO1. The number of carbonyl (C=O) groups is 2.